The molecule has 0 bridgehead atoms. The van der Waals surface area contributed by atoms with Crippen LogP contribution >= 0.6 is 12.2 Å². The third-order valence-electron chi connectivity index (χ3n) is 3.53. The third-order valence-corrected chi connectivity index (χ3v) is 3.82. The lowest BCUT2D eigenvalue weighted by molar-refractivity contribution is -0.117. The van der Waals surface area contributed by atoms with Crippen LogP contribution in [0.1, 0.15) is 13.3 Å². The van der Waals surface area contributed by atoms with Gasteiger partial charge in [-0.05, 0) is 43.4 Å². The quantitative estimate of drug-likeness (QED) is 0.754. The smallest absolute Gasteiger partial charge is 0.228 e. The predicted octanol–water partition coefficient (Wildman–Crippen LogP) is 2.63. The Morgan fingerprint density at radius 2 is 1.74 bits per heavy atom. The minimum atomic E-state index is -0.633. The largest absolute Gasteiger partial charge is 0.341 e. The van der Waals surface area contributed by atoms with E-state index < -0.39 is 5.66 Å². The van der Waals surface area contributed by atoms with Gasteiger partial charge in [0.2, 0.25) is 5.91 Å². The van der Waals surface area contributed by atoms with Crippen molar-refractivity contribution in [3.05, 3.63) is 60.7 Å². The summed E-state index contributed by atoms with van der Waals surface area (Å²) < 4.78 is 0. The first-order valence-corrected chi connectivity index (χ1v) is 7.77. The van der Waals surface area contributed by atoms with Crippen LogP contribution < -0.4 is 21.1 Å². The summed E-state index contributed by atoms with van der Waals surface area (Å²) in [5, 5.41) is 8.39. The SMILES string of the molecule is C[C@]1(CC(=O)Nc2ccccc2)NC(=S)N(c2ccccc2)N1. The highest BCUT2D eigenvalue weighted by molar-refractivity contribution is 7.80. The van der Waals surface area contributed by atoms with Crippen LogP contribution in [-0.2, 0) is 4.79 Å². The summed E-state index contributed by atoms with van der Waals surface area (Å²) in [6.45, 7) is 1.91. The van der Waals surface area contributed by atoms with Gasteiger partial charge in [-0.15, -0.1) is 0 Å². The first-order chi connectivity index (χ1) is 11.1. The number of para-hydroxylation sites is 2. The molecule has 2 aromatic rings. The van der Waals surface area contributed by atoms with E-state index in [9.17, 15) is 4.79 Å². The Hall–Kier alpha value is -2.44. The second-order valence-corrected chi connectivity index (χ2v) is 6.02. The molecule has 1 atom stereocenters. The fourth-order valence-electron chi connectivity index (χ4n) is 2.51. The van der Waals surface area contributed by atoms with Gasteiger partial charge in [0, 0.05) is 5.69 Å². The molecular formula is C17H18N4OS. The fourth-order valence-corrected chi connectivity index (χ4v) is 2.88. The van der Waals surface area contributed by atoms with Gasteiger partial charge in [0.15, 0.2) is 5.11 Å². The summed E-state index contributed by atoms with van der Waals surface area (Å²) in [5.41, 5.74) is 4.34. The summed E-state index contributed by atoms with van der Waals surface area (Å²) in [5.74, 6) is -0.0867. The van der Waals surface area contributed by atoms with Crippen LogP contribution in [0.15, 0.2) is 60.7 Å². The maximum Gasteiger partial charge on any atom is 0.228 e. The number of nitrogens with zero attached hydrogens (tertiary/aromatic N) is 1. The van der Waals surface area contributed by atoms with E-state index in [4.69, 9.17) is 12.2 Å². The van der Waals surface area contributed by atoms with Crippen molar-refractivity contribution in [2.45, 2.75) is 19.0 Å². The normalized spacial score (nSPS) is 20.2. The van der Waals surface area contributed by atoms with Gasteiger partial charge in [0.05, 0.1) is 12.1 Å². The van der Waals surface area contributed by atoms with E-state index in [1.54, 1.807) is 5.01 Å². The molecule has 0 aromatic heterocycles. The van der Waals surface area contributed by atoms with E-state index in [1.807, 2.05) is 67.6 Å². The first-order valence-electron chi connectivity index (χ1n) is 7.36. The average Bonchev–Trinajstić information content (AvgIpc) is 2.83. The minimum absolute atomic E-state index is 0.0867. The number of nitrogens with one attached hydrogen (secondary N) is 3. The zero-order chi connectivity index (χ0) is 16.3. The van der Waals surface area contributed by atoms with Crippen molar-refractivity contribution in [2.24, 2.45) is 0 Å². The van der Waals surface area contributed by atoms with Gasteiger partial charge in [-0.25, -0.2) is 5.43 Å². The fraction of sp³-hybridized carbons (Fsp3) is 0.176. The van der Waals surface area contributed by atoms with Gasteiger partial charge < -0.3 is 10.6 Å². The summed E-state index contributed by atoms with van der Waals surface area (Å²) in [6.07, 6.45) is 0.241. The molecule has 118 valence electrons. The Labute approximate surface area is 140 Å². The monoisotopic (exact) mass is 326 g/mol. The minimum Gasteiger partial charge on any atom is -0.341 e. The Bertz CT molecular complexity index is 707. The van der Waals surface area contributed by atoms with Crippen molar-refractivity contribution in [1.82, 2.24) is 10.7 Å². The molecule has 5 nitrogen and oxygen atoms in total. The summed E-state index contributed by atoms with van der Waals surface area (Å²) in [6, 6.07) is 19.1. The molecule has 1 heterocycles. The molecule has 1 saturated heterocycles. The topological polar surface area (TPSA) is 56.4 Å². The molecule has 0 unspecified atom stereocenters. The van der Waals surface area contributed by atoms with Crippen LogP contribution in [0.2, 0.25) is 0 Å². The average molecular weight is 326 g/mol. The Kier molecular flexibility index (Phi) is 4.27. The van der Waals surface area contributed by atoms with Crippen LogP contribution in [0.3, 0.4) is 0 Å². The number of hydrogen-bond donors (Lipinski definition) is 3. The molecule has 3 N–H and O–H groups in total. The molecule has 1 aliphatic rings. The number of hydrogen-bond acceptors (Lipinski definition) is 3. The van der Waals surface area contributed by atoms with E-state index in [0.717, 1.165) is 11.4 Å². The van der Waals surface area contributed by atoms with Gasteiger partial charge in [0.25, 0.3) is 0 Å². The lowest BCUT2D eigenvalue weighted by Crippen LogP contribution is -2.50. The van der Waals surface area contributed by atoms with E-state index in [2.05, 4.69) is 16.1 Å². The number of amides is 1. The van der Waals surface area contributed by atoms with Crippen molar-refractivity contribution in [3.8, 4) is 0 Å². The molecule has 1 fully saturated rings. The number of carbonyl (C=O) groups is 1. The molecule has 23 heavy (non-hydrogen) atoms. The van der Waals surface area contributed by atoms with E-state index in [1.165, 1.54) is 0 Å². The van der Waals surface area contributed by atoms with Crippen molar-refractivity contribution in [3.63, 3.8) is 0 Å². The van der Waals surface area contributed by atoms with Crippen LogP contribution in [0.5, 0.6) is 0 Å². The number of thiocarbonyl (C=S) groups is 1. The second kappa shape index (κ2) is 6.36. The van der Waals surface area contributed by atoms with Gasteiger partial charge >= 0.3 is 0 Å². The third kappa shape index (κ3) is 3.67. The number of benzene rings is 2. The van der Waals surface area contributed by atoms with Crippen molar-refractivity contribution in [1.29, 1.82) is 0 Å². The summed E-state index contributed by atoms with van der Waals surface area (Å²) >= 11 is 5.37. The Balaban J connectivity index is 1.66. The highest BCUT2D eigenvalue weighted by atomic mass is 32.1. The summed E-state index contributed by atoms with van der Waals surface area (Å²) in [7, 11) is 0. The molecule has 3 rings (SSSR count). The molecule has 0 saturated carbocycles. The predicted molar refractivity (Wildman–Crippen MR) is 95.9 cm³/mol. The van der Waals surface area contributed by atoms with E-state index >= 15 is 0 Å². The van der Waals surface area contributed by atoms with Crippen molar-refractivity contribution in [2.75, 3.05) is 10.3 Å². The molecule has 0 spiro atoms. The number of rotatable bonds is 4. The lowest BCUT2D eigenvalue weighted by Gasteiger charge is -2.25. The van der Waals surface area contributed by atoms with Crippen LogP contribution in [0, 0.1) is 0 Å². The van der Waals surface area contributed by atoms with Gasteiger partial charge in [-0.1, -0.05) is 36.4 Å². The Morgan fingerprint density at radius 1 is 1.13 bits per heavy atom. The second-order valence-electron chi connectivity index (χ2n) is 5.64. The maximum atomic E-state index is 12.3. The van der Waals surface area contributed by atoms with Gasteiger partial charge in [-0.2, -0.15) is 0 Å². The molecule has 1 aliphatic heterocycles. The highest BCUT2D eigenvalue weighted by Gasteiger charge is 2.38. The Morgan fingerprint density at radius 3 is 2.39 bits per heavy atom. The highest BCUT2D eigenvalue weighted by Crippen LogP contribution is 2.21. The van der Waals surface area contributed by atoms with E-state index in [-0.39, 0.29) is 12.3 Å². The van der Waals surface area contributed by atoms with Gasteiger partial charge in [0.1, 0.15) is 5.66 Å². The van der Waals surface area contributed by atoms with Crippen molar-refractivity contribution >= 4 is 34.6 Å². The van der Waals surface area contributed by atoms with E-state index in [0.29, 0.717) is 5.11 Å². The number of carbonyl (C=O) groups excluding carboxylic acids is 1. The van der Waals surface area contributed by atoms with Crippen molar-refractivity contribution < 1.29 is 4.79 Å². The number of anilines is 2. The molecule has 0 aliphatic carbocycles. The van der Waals surface area contributed by atoms with Crippen LogP contribution in [0.4, 0.5) is 11.4 Å². The zero-order valence-corrected chi connectivity index (χ0v) is 13.6. The van der Waals surface area contributed by atoms with Crippen LogP contribution in [0.25, 0.3) is 0 Å². The summed E-state index contributed by atoms with van der Waals surface area (Å²) in [4.78, 5) is 12.3. The molecule has 1 amide bonds. The maximum absolute atomic E-state index is 12.3. The van der Waals surface area contributed by atoms with Gasteiger partial charge in [-0.3, -0.25) is 9.80 Å². The molecule has 2 aromatic carbocycles. The first kappa shape index (κ1) is 15.5. The molecule has 6 heteroatoms. The standard InChI is InChI=1S/C17H18N4OS/c1-17(12-15(22)18-13-8-4-2-5-9-13)19-16(23)21(20-17)14-10-6-3-7-11-14/h2-11,20H,12H2,1H3,(H,18,22)(H,19,23)/t17-/m0/s1. The van der Waals surface area contributed by atoms with Crippen LogP contribution in [-0.4, -0.2) is 16.7 Å². The lowest BCUT2D eigenvalue weighted by atomic mass is 10.1. The number of hydrazine groups is 1. The molecule has 0 radical (unpaired) electrons. The molecular weight excluding hydrogens is 308 g/mol. The zero-order valence-electron chi connectivity index (χ0n) is 12.7.